The van der Waals surface area contributed by atoms with Crippen molar-refractivity contribution in [3.63, 3.8) is 0 Å². The summed E-state index contributed by atoms with van der Waals surface area (Å²) in [5.41, 5.74) is 5.88. The van der Waals surface area contributed by atoms with Gasteiger partial charge in [0, 0.05) is 19.1 Å². The molecule has 2 aliphatic carbocycles. The van der Waals surface area contributed by atoms with Crippen molar-refractivity contribution in [3.8, 4) is 0 Å². The monoisotopic (exact) mass is 369 g/mol. The van der Waals surface area contributed by atoms with Crippen LogP contribution >= 0.6 is 12.4 Å². The summed E-state index contributed by atoms with van der Waals surface area (Å²) in [4.78, 5) is 18.9. The molecule has 3 aliphatic rings. The van der Waals surface area contributed by atoms with E-state index in [1.54, 1.807) is 0 Å². The molecule has 25 heavy (non-hydrogen) atoms. The molecule has 0 spiro atoms. The zero-order valence-corrected chi connectivity index (χ0v) is 15.4. The largest absolute Gasteiger partial charge is 0.339 e. The molecule has 1 aliphatic heterocycles. The van der Waals surface area contributed by atoms with Crippen LogP contribution in [0.5, 0.6) is 0 Å². The van der Waals surface area contributed by atoms with Crippen molar-refractivity contribution in [2.75, 3.05) is 13.1 Å². The van der Waals surface area contributed by atoms with Crippen molar-refractivity contribution in [1.82, 2.24) is 20.4 Å². The minimum Gasteiger partial charge on any atom is -0.339 e. The van der Waals surface area contributed by atoms with Crippen molar-refractivity contribution in [2.24, 2.45) is 5.73 Å². The van der Waals surface area contributed by atoms with Crippen LogP contribution in [0.25, 0.3) is 0 Å². The highest BCUT2D eigenvalue weighted by molar-refractivity contribution is 5.85. The van der Waals surface area contributed by atoms with Gasteiger partial charge in [-0.05, 0) is 44.9 Å². The molecule has 1 saturated heterocycles. The lowest BCUT2D eigenvalue weighted by Gasteiger charge is -2.34. The molecule has 2 amide bonds. The average molecular weight is 370 g/mol. The molecule has 3 N–H and O–H groups in total. The zero-order valence-electron chi connectivity index (χ0n) is 14.6. The van der Waals surface area contributed by atoms with Crippen LogP contribution in [-0.4, -0.2) is 40.2 Å². The van der Waals surface area contributed by atoms with Gasteiger partial charge in [-0.15, -0.1) is 12.4 Å². The van der Waals surface area contributed by atoms with E-state index < -0.39 is 5.54 Å². The lowest BCUT2D eigenvalue weighted by atomic mass is 9.77. The number of piperidine rings is 1. The predicted octanol–water partition coefficient (Wildman–Crippen LogP) is 2.66. The van der Waals surface area contributed by atoms with E-state index in [4.69, 9.17) is 10.3 Å². The molecule has 1 aromatic heterocycles. The third kappa shape index (κ3) is 3.77. The Hall–Kier alpha value is -1.34. The van der Waals surface area contributed by atoms with Crippen LogP contribution < -0.4 is 11.1 Å². The molecule has 1 aromatic rings. The molecule has 0 bridgehead atoms. The van der Waals surface area contributed by atoms with E-state index in [0.29, 0.717) is 24.3 Å². The van der Waals surface area contributed by atoms with Crippen LogP contribution in [-0.2, 0) is 5.54 Å². The number of halogens is 1. The van der Waals surface area contributed by atoms with Crippen LogP contribution in [0, 0.1) is 0 Å². The summed E-state index contributed by atoms with van der Waals surface area (Å²) in [6.45, 7) is 1.45. The third-order valence-electron chi connectivity index (χ3n) is 5.87. The molecular formula is C17H28ClN5O2. The van der Waals surface area contributed by atoms with Crippen molar-refractivity contribution >= 4 is 18.4 Å². The number of hydrogen-bond acceptors (Lipinski definition) is 5. The molecule has 2 heterocycles. The van der Waals surface area contributed by atoms with Crippen molar-refractivity contribution in [3.05, 3.63) is 11.7 Å². The molecule has 3 fully saturated rings. The summed E-state index contributed by atoms with van der Waals surface area (Å²) in [6.07, 6.45) is 9.57. The normalized spacial score (nSPS) is 26.0. The molecule has 1 atom stereocenters. The quantitative estimate of drug-likeness (QED) is 0.853. The van der Waals surface area contributed by atoms with Gasteiger partial charge in [0.1, 0.15) is 0 Å². The second-order valence-electron chi connectivity index (χ2n) is 7.68. The fraction of sp³-hybridized carbons (Fsp3) is 0.824. The smallest absolute Gasteiger partial charge is 0.317 e. The molecule has 1 unspecified atom stereocenters. The number of hydrogen-bond donors (Lipinski definition) is 2. The molecule has 8 heteroatoms. The summed E-state index contributed by atoms with van der Waals surface area (Å²) < 4.78 is 5.49. The van der Waals surface area contributed by atoms with Crippen LogP contribution in [0.4, 0.5) is 4.79 Å². The number of amides is 2. The van der Waals surface area contributed by atoms with Crippen LogP contribution in [0.3, 0.4) is 0 Å². The van der Waals surface area contributed by atoms with Gasteiger partial charge >= 0.3 is 6.03 Å². The third-order valence-corrected chi connectivity index (χ3v) is 5.87. The fourth-order valence-corrected chi connectivity index (χ4v) is 4.08. The highest BCUT2D eigenvalue weighted by Crippen LogP contribution is 2.38. The summed E-state index contributed by atoms with van der Waals surface area (Å²) in [6, 6.07) is 0.407. The van der Waals surface area contributed by atoms with Crippen molar-refractivity contribution < 1.29 is 9.32 Å². The van der Waals surface area contributed by atoms with Gasteiger partial charge in [0.05, 0.1) is 11.5 Å². The maximum atomic E-state index is 12.5. The number of aromatic nitrogens is 2. The van der Waals surface area contributed by atoms with Gasteiger partial charge in [-0.1, -0.05) is 18.0 Å². The van der Waals surface area contributed by atoms with E-state index in [1.807, 2.05) is 4.90 Å². The molecule has 2 saturated carbocycles. The average Bonchev–Trinajstić information content (AvgIpc) is 3.24. The Labute approximate surface area is 154 Å². The van der Waals surface area contributed by atoms with Gasteiger partial charge in [-0.3, -0.25) is 0 Å². The second kappa shape index (κ2) is 7.50. The molecule has 0 radical (unpaired) electrons. The lowest BCUT2D eigenvalue weighted by molar-refractivity contribution is 0.168. The maximum absolute atomic E-state index is 12.5. The first-order valence-corrected chi connectivity index (χ1v) is 9.32. The Kier molecular flexibility index (Phi) is 5.53. The number of nitrogens with zero attached hydrogens (tertiary/aromatic N) is 3. The Morgan fingerprint density at radius 1 is 1.20 bits per heavy atom. The van der Waals surface area contributed by atoms with Crippen LogP contribution in [0.2, 0.25) is 0 Å². The first kappa shape index (κ1) is 18.5. The van der Waals surface area contributed by atoms with Gasteiger partial charge in [0.25, 0.3) is 0 Å². The number of likely N-dealkylation sites (tertiary alicyclic amines) is 1. The van der Waals surface area contributed by atoms with Crippen LogP contribution in [0.1, 0.15) is 75.4 Å². The zero-order chi connectivity index (χ0) is 16.6. The van der Waals surface area contributed by atoms with E-state index in [2.05, 4.69) is 15.5 Å². The number of rotatable bonds is 3. The van der Waals surface area contributed by atoms with E-state index in [-0.39, 0.29) is 24.4 Å². The van der Waals surface area contributed by atoms with E-state index in [1.165, 1.54) is 12.8 Å². The van der Waals surface area contributed by atoms with Gasteiger partial charge in [-0.25, -0.2) is 4.79 Å². The minimum atomic E-state index is -0.393. The molecule has 4 rings (SSSR count). The Morgan fingerprint density at radius 2 is 1.96 bits per heavy atom. The maximum Gasteiger partial charge on any atom is 0.317 e. The number of urea groups is 1. The summed E-state index contributed by atoms with van der Waals surface area (Å²) in [7, 11) is 0. The predicted molar refractivity (Wildman–Crippen MR) is 95.6 cm³/mol. The number of nitrogens with two attached hydrogens (primary N) is 1. The van der Waals surface area contributed by atoms with E-state index >= 15 is 0 Å². The van der Waals surface area contributed by atoms with E-state index in [0.717, 1.165) is 51.5 Å². The first-order valence-electron chi connectivity index (χ1n) is 9.32. The topological polar surface area (TPSA) is 97.3 Å². The van der Waals surface area contributed by atoms with E-state index in [9.17, 15) is 4.79 Å². The Bertz CT molecular complexity index is 598. The van der Waals surface area contributed by atoms with Crippen LogP contribution in [0.15, 0.2) is 4.52 Å². The summed E-state index contributed by atoms with van der Waals surface area (Å²) in [5.74, 6) is 1.40. The van der Waals surface area contributed by atoms with Gasteiger partial charge in [0.15, 0.2) is 5.82 Å². The minimum absolute atomic E-state index is 0. The van der Waals surface area contributed by atoms with Gasteiger partial charge < -0.3 is 20.5 Å². The fourth-order valence-electron chi connectivity index (χ4n) is 4.08. The van der Waals surface area contributed by atoms with Gasteiger partial charge in [-0.2, -0.15) is 4.98 Å². The Morgan fingerprint density at radius 3 is 2.64 bits per heavy atom. The standard InChI is InChI=1S/C17H27N5O2.ClH/c18-17(8-4-9-17)15-20-14(24-21-15)12-5-3-10-22(11-12)16(23)19-13-6-1-2-7-13;/h12-13H,1-11,18H2,(H,19,23);1H. The molecular weight excluding hydrogens is 342 g/mol. The lowest BCUT2D eigenvalue weighted by Crippen LogP contribution is -2.47. The summed E-state index contributed by atoms with van der Waals surface area (Å²) in [5, 5.41) is 7.28. The second-order valence-corrected chi connectivity index (χ2v) is 7.68. The highest BCUT2D eigenvalue weighted by Gasteiger charge is 2.40. The summed E-state index contributed by atoms with van der Waals surface area (Å²) >= 11 is 0. The molecule has 7 nitrogen and oxygen atoms in total. The first-order chi connectivity index (χ1) is 11.6. The molecule has 0 aromatic carbocycles. The van der Waals surface area contributed by atoms with Crippen molar-refractivity contribution in [2.45, 2.75) is 75.3 Å². The Balaban J connectivity index is 0.00000182. The number of nitrogens with one attached hydrogen (secondary N) is 1. The van der Waals surface area contributed by atoms with Gasteiger partial charge in [0.2, 0.25) is 5.89 Å². The molecule has 140 valence electrons. The highest BCUT2D eigenvalue weighted by atomic mass is 35.5. The SMILES string of the molecule is Cl.NC1(c2noc(C3CCCN(C(=O)NC4CCCC4)C3)n2)CCC1. The number of carbonyl (C=O) groups is 1. The van der Waals surface area contributed by atoms with Crippen molar-refractivity contribution in [1.29, 1.82) is 0 Å². The number of carbonyl (C=O) groups excluding carboxylic acids is 1.